The Kier molecular flexibility index (Phi) is 3.15. The van der Waals surface area contributed by atoms with Crippen molar-refractivity contribution < 1.29 is 4.79 Å². The molecule has 0 aliphatic heterocycles. The summed E-state index contributed by atoms with van der Waals surface area (Å²) in [4.78, 5) is 16.4. The second kappa shape index (κ2) is 4.45. The molecule has 1 aliphatic carbocycles. The normalized spacial score (nSPS) is 28.1. The summed E-state index contributed by atoms with van der Waals surface area (Å²) in [6.45, 7) is 3.86. The summed E-state index contributed by atoms with van der Waals surface area (Å²) < 4.78 is 0. The molecule has 4 nitrogen and oxygen atoms in total. The van der Waals surface area contributed by atoms with Gasteiger partial charge in [0.15, 0.2) is 0 Å². The predicted octanol–water partition coefficient (Wildman–Crippen LogP) is 1.85. The molecule has 17 heavy (non-hydrogen) atoms. The van der Waals surface area contributed by atoms with E-state index in [0.29, 0.717) is 0 Å². The van der Waals surface area contributed by atoms with E-state index >= 15 is 0 Å². The van der Waals surface area contributed by atoms with Gasteiger partial charge in [-0.2, -0.15) is 0 Å². The third kappa shape index (κ3) is 2.31. The van der Waals surface area contributed by atoms with Crippen molar-refractivity contribution in [1.29, 1.82) is 0 Å². The van der Waals surface area contributed by atoms with Crippen LogP contribution >= 0.6 is 0 Å². The van der Waals surface area contributed by atoms with Crippen LogP contribution in [0.2, 0.25) is 0 Å². The van der Waals surface area contributed by atoms with E-state index in [1.807, 2.05) is 26.0 Å². The van der Waals surface area contributed by atoms with Gasteiger partial charge in [-0.05, 0) is 38.8 Å². The van der Waals surface area contributed by atoms with Crippen LogP contribution in [-0.2, 0) is 4.79 Å². The van der Waals surface area contributed by atoms with E-state index in [-0.39, 0.29) is 11.9 Å². The first kappa shape index (κ1) is 12.0. The first-order valence-corrected chi connectivity index (χ1v) is 6.02. The van der Waals surface area contributed by atoms with Gasteiger partial charge in [0.2, 0.25) is 5.91 Å². The Morgan fingerprint density at radius 1 is 1.59 bits per heavy atom. The van der Waals surface area contributed by atoms with Gasteiger partial charge in [-0.15, -0.1) is 0 Å². The largest absolute Gasteiger partial charge is 0.327 e. The Bertz CT molecular complexity index is 415. The van der Waals surface area contributed by atoms with Crippen LogP contribution < -0.4 is 11.1 Å². The van der Waals surface area contributed by atoms with Crippen LogP contribution in [0.5, 0.6) is 0 Å². The average molecular weight is 233 g/mol. The van der Waals surface area contributed by atoms with Gasteiger partial charge in [0.1, 0.15) is 0 Å². The number of carbonyl (C=O) groups excluding carboxylic acids is 1. The monoisotopic (exact) mass is 233 g/mol. The maximum absolute atomic E-state index is 12.2. The summed E-state index contributed by atoms with van der Waals surface area (Å²) in [5.41, 5.74) is 7.25. The average Bonchev–Trinajstić information content (AvgIpc) is 2.64. The molecule has 1 aromatic rings. The molecule has 1 fully saturated rings. The van der Waals surface area contributed by atoms with Crippen molar-refractivity contribution in [3.05, 3.63) is 24.0 Å². The summed E-state index contributed by atoms with van der Waals surface area (Å²) in [6, 6.07) is 3.71. The van der Waals surface area contributed by atoms with Crippen LogP contribution in [0.4, 0.5) is 5.69 Å². The topological polar surface area (TPSA) is 68.0 Å². The highest BCUT2D eigenvalue weighted by Gasteiger charge is 2.42. The second-order valence-corrected chi connectivity index (χ2v) is 5.06. The molecule has 0 bridgehead atoms. The summed E-state index contributed by atoms with van der Waals surface area (Å²) in [6.07, 6.45) is 4.49. The predicted molar refractivity (Wildman–Crippen MR) is 67.5 cm³/mol. The van der Waals surface area contributed by atoms with E-state index in [2.05, 4.69) is 10.3 Å². The molecule has 3 N–H and O–H groups in total. The number of anilines is 1. The van der Waals surface area contributed by atoms with Crippen LogP contribution in [0, 0.1) is 12.3 Å². The maximum Gasteiger partial charge on any atom is 0.231 e. The minimum absolute atomic E-state index is 0.00755. The maximum atomic E-state index is 12.2. The van der Waals surface area contributed by atoms with E-state index in [1.54, 1.807) is 6.20 Å². The highest BCUT2D eigenvalue weighted by Crippen LogP contribution is 2.37. The number of carbonyl (C=O) groups is 1. The number of rotatable bonds is 2. The van der Waals surface area contributed by atoms with Crippen LogP contribution in [0.3, 0.4) is 0 Å². The Morgan fingerprint density at radius 3 is 2.88 bits per heavy atom. The first-order chi connectivity index (χ1) is 8.02. The Balaban J connectivity index is 2.09. The van der Waals surface area contributed by atoms with E-state index in [1.165, 1.54) is 0 Å². The van der Waals surface area contributed by atoms with Crippen molar-refractivity contribution in [2.45, 2.75) is 39.2 Å². The molecule has 1 aromatic heterocycles. The van der Waals surface area contributed by atoms with Crippen molar-refractivity contribution in [2.24, 2.45) is 11.1 Å². The van der Waals surface area contributed by atoms with Crippen LogP contribution in [0.1, 0.15) is 31.9 Å². The third-order valence-corrected chi connectivity index (χ3v) is 3.72. The summed E-state index contributed by atoms with van der Waals surface area (Å²) in [5, 5.41) is 2.90. The molecule has 1 aliphatic rings. The van der Waals surface area contributed by atoms with Gasteiger partial charge < -0.3 is 11.1 Å². The molecule has 4 heteroatoms. The molecular weight excluding hydrogens is 214 g/mol. The quantitative estimate of drug-likeness (QED) is 0.819. The van der Waals surface area contributed by atoms with Crippen LogP contribution in [0.25, 0.3) is 0 Å². The molecule has 1 saturated carbocycles. The third-order valence-electron chi connectivity index (χ3n) is 3.72. The molecule has 0 aromatic carbocycles. The number of nitrogens with one attached hydrogen (secondary N) is 1. The summed E-state index contributed by atoms with van der Waals surface area (Å²) in [7, 11) is 0. The molecular formula is C13H19N3O. The van der Waals surface area contributed by atoms with Gasteiger partial charge >= 0.3 is 0 Å². The van der Waals surface area contributed by atoms with Crippen molar-refractivity contribution in [1.82, 2.24) is 4.98 Å². The molecule has 0 saturated heterocycles. The van der Waals surface area contributed by atoms with Gasteiger partial charge in [-0.3, -0.25) is 9.78 Å². The fourth-order valence-electron chi connectivity index (χ4n) is 2.29. The van der Waals surface area contributed by atoms with E-state index < -0.39 is 5.41 Å². The van der Waals surface area contributed by atoms with E-state index in [9.17, 15) is 4.79 Å². The number of aromatic nitrogens is 1. The SMILES string of the molecule is Cc1ccc(NC(=O)C2(C)CCCC2N)cn1. The number of amides is 1. The molecule has 0 spiro atoms. The standard InChI is InChI=1S/C13H19N3O/c1-9-5-6-10(8-15-9)16-12(17)13(2)7-3-4-11(13)14/h5-6,8,11H,3-4,7,14H2,1-2H3,(H,16,17). The molecule has 0 radical (unpaired) electrons. The highest BCUT2D eigenvalue weighted by atomic mass is 16.2. The van der Waals surface area contributed by atoms with Crippen molar-refractivity contribution in [2.75, 3.05) is 5.32 Å². The lowest BCUT2D eigenvalue weighted by molar-refractivity contribution is -0.125. The number of hydrogen-bond donors (Lipinski definition) is 2. The number of hydrogen-bond acceptors (Lipinski definition) is 3. The molecule has 2 atom stereocenters. The molecule has 1 amide bonds. The van der Waals surface area contributed by atoms with Crippen molar-refractivity contribution in [3.63, 3.8) is 0 Å². The van der Waals surface area contributed by atoms with Crippen molar-refractivity contribution >= 4 is 11.6 Å². The minimum Gasteiger partial charge on any atom is -0.327 e. The fraction of sp³-hybridized carbons (Fsp3) is 0.538. The van der Waals surface area contributed by atoms with Crippen LogP contribution in [0.15, 0.2) is 18.3 Å². The second-order valence-electron chi connectivity index (χ2n) is 5.06. The molecule has 92 valence electrons. The summed E-state index contributed by atoms with van der Waals surface area (Å²) >= 11 is 0. The zero-order valence-electron chi connectivity index (χ0n) is 10.4. The number of pyridine rings is 1. The lowest BCUT2D eigenvalue weighted by Gasteiger charge is -2.27. The van der Waals surface area contributed by atoms with Crippen LogP contribution in [-0.4, -0.2) is 16.9 Å². The lowest BCUT2D eigenvalue weighted by atomic mass is 9.84. The number of nitrogens with two attached hydrogens (primary N) is 1. The first-order valence-electron chi connectivity index (χ1n) is 6.02. The smallest absolute Gasteiger partial charge is 0.231 e. The number of aryl methyl sites for hydroxylation is 1. The molecule has 2 rings (SSSR count). The van der Waals surface area contributed by atoms with Crippen molar-refractivity contribution in [3.8, 4) is 0 Å². The highest BCUT2D eigenvalue weighted by molar-refractivity contribution is 5.95. The zero-order chi connectivity index (χ0) is 12.5. The molecule has 2 unspecified atom stereocenters. The Hall–Kier alpha value is -1.42. The summed E-state index contributed by atoms with van der Waals surface area (Å²) in [5.74, 6) is 0.00755. The lowest BCUT2D eigenvalue weighted by Crippen LogP contribution is -2.44. The van der Waals surface area contributed by atoms with E-state index in [0.717, 1.165) is 30.6 Å². The number of nitrogens with zero attached hydrogens (tertiary/aromatic N) is 1. The van der Waals surface area contributed by atoms with Gasteiger partial charge in [-0.25, -0.2) is 0 Å². The van der Waals surface area contributed by atoms with Gasteiger partial charge in [0.25, 0.3) is 0 Å². The fourth-order valence-corrected chi connectivity index (χ4v) is 2.29. The van der Waals surface area contributed by atoms with E-state index in [4.69, 9.17) is 5.73 Å². The molecule has 1 heterocycles. The van der Waals surface area contributed by atoms with Gasteiger partial charge in [0, 0.05) is 11.7 Å². The van der Waals surface area contributed by atoms with Gasteiger partial charge in [-0.1, -0.05) is 6.42 Å². The van der Waals surface area contributed by atoms with Gasteiger partial charge in [0.05, 0.1) is 17.3 Å². The zero-order valence-corrected chi connectivity index (χ0v) is 10.4. The Labute approximate surface area is 102 Å². The minimum atomic E-state index is -0.440. The Morgan fingerprint density at radius 2 is 2.35 bits per heavy atom.